The molecule has 0 saturated heterocycles. The van der Waals surface area contributed by atoms with Crippen molar-refractivity contribution in [1.29, 1.82) is 0 Å². The molecule has 0 aliphatic rings. The van der Waals surface area contributed by atoms with Crippen LogP contribution in [-0.2, 0) is 0 Å². The minimum atomic E-state index is -1.75. The van der Waals surface area contributed by atoms with Crippen LogP contribution in [0.25, 0.3) is 176 Å². The van der Waals surface area contributed by atoms with E-state index in [1.54, 1.807) is 23.5 Å². The Bertz CT molecular complexity index is 9900. The first kappa shape index (κ1) is 90.9. The van der Waals surface area contributed by atoms with Crippen molar-refractivity contribution in [2.24, 2.45) is 0 Å². The molecule has 0 atom stereocenters. The van der Waals surface area contributed by atoms with Crippen LogP contribution in [0.15, 0.2) is 541 Å². The Kier molecular flexibility index (Phi) is 23.5. The Labute approximate surface area is 884 Å². The summed E-state index contributed by atoms with van der Waals surface area (Å²) >= 11 is 11.2. The van der Waals surface area contributed by atoms with Crippen LogP contribution >= 0.6 is 78.0 Å². The molecule has 23 aromatic carbocycles. The van der Waals surface area contributed by atoms with Crippen LogP contribution in [0.5, 0.6) is 0 Å². The zero-order chi connectivity index (χ0) is 99.2. The zero-order valence-electron chi connectivity index (χ0n) is 80.0. The van der Waals surface area contributed by atoms with E-state index in [1.807, 2.05) is 87.0 Å². The Morgan fingerprint density at radius 2 is 0.423 bits per heavy atom. The third kappa shape index (κ3) is 16.1. The largest absolute Gasteiger partial charge is 0.310 e. The molecule has 3 nitrogen and oxygen atoms in total. The maximum atomic E-state index is 14.6. The quantitative estimate of drug-likeness (QED) is 0.0900. The first-order valence-electron chi connectivity index (χ1n) is 49.6. The first-order valence-corrected chi connectivity index (χ1v) is 56.1. The van der Waals surface area contributed by atoms with Crippen LogP contribution in [0.3, 0.4) is 0 Å². The fraction of sp³-hybridized carbons (Fsp3) is 0. The number of para-hydroxylation sites is 2. The van der Waals surface area contributed by atoms with E-state index in [4.69, 9.17) is 0 Å². The van der Waals surface area contributed by atoms with Crippen LogP contribution in [0.2, 0.25) is 0 Å². The molecule has 0 aliphatic heterocycles. The van der Waals surface area contributed by atoms with E-state index in [-0.39, 0.29) is 5.56 Å². The summed E-state index contributed by atoms with van der Waals surface area (Å²) in [7, 11) is -1.75. The summed E-state index contributed by atoms with van der Waals surface area (Å²) in [6, 6.07) is 185. The van der Waals surface area contributed by atoms with Crippen LogP contribution in [0.1, 0.15) is 0 Å². The number of thiophene rings is 6. The summed E-state index contributed by atoms with van der Waals surface area (Å²) < 4.78 is 58.3. The van der Waals surface area contributed by atoms with Gasteiger partial charge in [0.1, 0.15) is 17.5 Å². The maximum absolute atomic E-state index is 14.6. The molecule has 6 heterocycles. The van der Waals surface area contributed by atoms with Gasteiger partial charge in [-0.25, -0.2) is 13.2 Å². The number of hydrogen-bond donors (Lipinski definition) is 0. The average Bonchev–Trinajstić information content (AvgIpc) is 1.48. The van der Waals surface area contributed by atoms with Crippen molar-refractivity contribution in [1.82, 2.24) is 0 Å². The standard InChI is InChI=1S/C54H37NS3.C46H29NS2.C36H20F3NS2/c1-5-16-40(17-6-1)55(48-25-15-27-50-52(48)53-51(56-50)37-36-47-46-24-13-14-26-49(46)57-54(47)53)41-32-28-38(29-33-41)39-30-34-45(35-31-39)58(42-18-7-2-8-19-42,43-20-9-3-10-21-43)44-22-11-4-12-23-44;1-3-12-30(13-4-1)32-22-26-34(27-23-32)47(35-28-24-33(25-29-35)31-14-5-2-6-15-31)39-19-11-21-41-43(39)44-45(49-41)37-17-8-7-16-36(37)42-38-18-9-10-20-40(38)48-46(42)44;37-22-19-27(38)33(28(39)20-22)21-13-15-24(16-14-21)40(23-7-2-1-3-8-23)29-10-6-12-31-34(29)35-32(41-31)18-17-26-25-9-4-5-11-30(25)42-36(26)35/h1-37H;1-29H;1-20H. The molecular weight excluding hydrogens is 1960 g/mol. The average molecular weight is 2040 g/mol. The Balaban J connectivity index is 0.000000112. The van der Waals surface area contributed by atoms with E-state index in [9.17, 15) is 13.2 Å². The van der Waals surface area contributed by atoms with Gasteiger partial charge in [0.2, 0.25) is 0 Å². The first-order chi connectivity index (χ1) is 73.6. The molecule has 29 rings (SSSR count). The molecule has 0 N–H and O–H groups in total. The fourth-order valence-electron chi connectivity index (χ4n) is 21.9. The second-order valence-corrected chi connectivity index (χ2v) is 46.5. The molecule has 0 unspecified atom stereocenters. The lowest BCUT2D eigenvalue weighted by Crippen LogP contribution is -2.10. The number of nitrogens with zero attached hydrogens (tertiary/aromatic N) is 3. The topological polar surface area (TPSA) is 9.72 Å². The highest BCUT2D eigenvalue weighted by atomic mass is 32.3. The van der Waals surface area contributed by atoms with Crippen LogP contribution in [0, 0.1) is 17.5 Å². The summed E-state index contributed by atoms with van der Waals surface area (Å²) in [5, 5.41) is 18.3. The molecular formula is C136H86F3N3S7. The van der Waals surface area contributed by atoms with Gasteiger partial charge in [-0.15, -0.1) is 78.0 Å². The van der Waals surface area contributed by atoms with Crippen molar-refractivity contribution < 1.29 is 13.2 Å². The SMILES string of the molecule is Fc1cc(F)c(-c2ccc(N(c3ccccc3)c3cccc4sc5ccc6c7ccccc7sc6c5c34)cc2)c(F)c1.c1ccc(-c2ccc(N(c3ccc(-c4ccccc4)cc3)c3cccc4sc5c6ccccc6c6c7ccccc7sc6c5c34)cc2)cc1.c1ccc(N(c2ccc(-c3ccc(S(c4ccccc4)(c4ccccc4)c4ccccc4)cc3)cc2)c2cccc3sc4ccc5c6ccccc6sc5c4c23)cc1. The second kappa shape index (κ2) is 38.5. The summed E-state index contributed by atoms with van der Waals surface area (Å²) in [4.78, 5) is 12.4. The van der Waals surface area contributed by atoms with Gasteiger partial charge in [0.15, 0.2) is 0 Å². The van der Waals surface area contributed by atoms with Gasteiger partial charge >= 0.3 is 0 Å². The maximum Gasteiger partial charge on any atom is 0.136 e. The molecule has 29 aromatic rings. The minimum absolute atomic E-state index is 0.243. The van der Waals surface area contributed by atoms with Crippen molar-refractivity contribution in [3.8, 4) is 44.5 Å². The molecule has 13 heteroatoms. The number of anilines is 9. The van der Waals surface area contributed by atoms with E-state index in [1.165, 1.54) is 196 Å². The van der Waals surface area contributed by atoms with E-state index in [0.29, 0.717) is 17.7 Å². The van der Waals surface area contributed by atoms with E-state index < -0.39 is 27.5 Å². The monoisotopic (exact) mass is 2040 g/mol. The molecule has 0 spiro atoms. The summed E-state index contributed by atoms with van der Waals surface area (Å²) in [6.07, 6.45) is 0. The lowest BCUT2D eigenvalue weighted by Gasteiger charge is -2.42. The van der Waals surface area contributed by atoms with E-state index >= 15 is 0 Å². The van der Waals surface area contributed by atoms with E-state index in [0.717, 1.165) is 39.8 Å². The van der Waals surface area contributed by atoms with Gasteiger partial charge in [-0.1, -0.05) is 322 Å². The summed E-state index contributed by atoms with van der Waals surface area (Å²) in [6.45, 7) is 0. The zero-order valence-corrected chi connectivity index (χ0v) is 85.7. The summed E-state index contributed by atoms with van der Waals surface area (Å²) in [5.41, 5.74) is 17.1. The third-order valence-electron chi connectivity index (χ3n) is 28.5. The third-order valence-corrected chi connectivity index (χ3v) is 39.5. The molecule has 708 valence electrons. The van der Waals surface area contributed by atoms with Gasteiger partial charge in [0.05, 0.1) is 22.6 Å². The normalized spacial score (nSPS) is 11.8. The molecule has 0 aliphatic carbocycles. The van der Waals surface area contributed by atoms with Gasteiger partial charge in [0, 0.05) is 192 Å². The van der Waals surface area contributed by atoms with Gasteiger partial charge in [-0.3, -0.25) is 0 Å². The van der Waals surface area contributed by atoms with Crippen molar-refractivity contribution in [2.75, 3.05) is 14.7 Å². The van der Waals surface area contributed by atoms with Crippen molar-refractivity contribution >= 4 is 261 Å². The van der Waals surface area contributed by atoms with Crippen LogP contribution in [0.4, 0.5) is 64.4 Å². The summed E-state index contributed by atoms with van der Waals surface area (Å²) in [5.74, 6) is -2.80. The number of halogens is 3. The van der Waals surface area contributed by atoms with Crippen molar-refractivity contribution in [3.05, 3.63) is 539 Å². The molecule has 0 amide bonds. The van der Waals surface area contributed by atoms with Crippen LogP contribution in [-0.4, -0.2) is 0 Å². The molecule has 0 saturated carbocycles. The highest BCUT2D eigenvalue weighted by Crippen LogP contribution is 2.74. The van der Waals surface area contributed by atoms with E-state index in [2.05, 4.69) is 482 Å². The molecule has 0 bridgehead atoms. The lowest BCUT2D eigenvalue weighted by molar-refractivity contribution is 0.548. The number of fused-ring (bicyclic) bond motifs is 24. The van der Waals surface area contributed by atoms with Crippen LogP contribution < -0.4 is 14.7 Å². The van der Waals surface area contributed by atoms with Gasteiger partial charge in [0.25, 0.3) is 0 Å². The lowest BCUT2D eigenvalue weighted by atomic mass is 9.99. The van der Waals surface area contributed by atoms with Gasteiger partial charge in [-0.05, 0) is 232 Å². The predicted octanol–water partition coefficient (Wildman–Crippen LogP) is 43.3. The number of rotatable bonds is 17. The molecule has 6 aromatic heterocycles. The smallest absolute Gasteiger partial charge is 0.136 e. The fourth-order valence-corrected chi connectivity index (χ4v) is 33.3. The Morgan fingerprint density at radius 1 is 0.161 bits per heavy atom. The molecule has 0 radical (unpaired) electrons. The van der Waals surface area contributed by atoms with Crippen molar-refractivity contribution in [2.45, 2.75) is 19.6 Å². The number of benzene rings is 23. The predicted molar refractivity (Wildman–Crippen MR) is 640 cm³/mol. The van der Waals surface area contributed by atoms with Crippen molar-refractivity contribution in [3.63, 3.8) is 0 Å². The highest BCUT2D eigenvalue weighted by molar-refractivity contribution is 8.34. The Hall–Kier alpha value is -16.8. The highest BCUT2D eigenvalue weighted by Gasteiger charge is 2.35. The molecule has 149 heavy (non-hydrogen) atoms. The second-order valence-electron chi connectivity index (χ2n) is 37.1. The van der Waals surface area contributed by atoms with Gasteiger partial charge < -0.3 is 14.7 Å². The Morgan fingerprint density at radius 3 is 0.826 bits per heavy atom. The number of hydrogen-bond acceptors (Lipinski definition) is 9. The molecule has 0 fully saturated rings. The minimum Gasteiger partial charge on any atom is -0.310 e. The van der Waals surface area contributed by atoms with Gasteiger partial charge in [-0.2, -0.15) is 0 Å².